The molecule has 9 heteroatoms. The van der Waals surface area contributed by atoms with Crippen LogP contribution in [0.4, 0.5) is 11.4 Å². The molecule has 0 saturated heterocycles. The first kappa shape index (κ1) is 21.2. The van der Waals surface area contributed by atoms with Crippen LogP contribution in [0.25, 0.3) is 0 Å². The van der Waals surface area contributed by atoms with E-state index in [9.17, 15) is 9.59 Å². The second-order valence-electron chi connectivity index (χ2n) is 5.60. The summed E-state index contributed by atoms with van der Waals surface area (Å²) in [4.78, 5) is 28.8. The third-order valence-corrected chi connectivity index (χ3v) is 7.37. The van der Waals surface area contributed by atoms with Crippen molar-refractivity contribution in [1.82, 2.24) is 4.98 Å². The molecule has 142 valence electrons. The smallest absolute Gasteiger partial charge is 0.274 e. The number of pyridine rings is 1. The van der Waals surface area contributed by atoms with E-state index in [4.69, 9.17) is 0 Å². The quantitative estimate of drug-likeness (QED) is 0.339. The fourth-order valence-electron chi connectivity index (χ4n) is 2.21. The van der Waals surface area contributed by atoms with Gasteiger partial charge in [-0.3, -0.25) is 14.6 Å². The Morgan fingerprint density at radius 2 is 1.21 bits per heavy atom. The number of carbonyl (C=O) groups excluding carboxylic acids is 2. The number of hydrogen-bond acceptors (Lipinski definition) is 3. The van der Waals surface area contributed by atoms with Crippen LogP contribution in [0.15, 0.2) is 72.6 Å². The Bertz CT molecular complexity index is 971. The standard InChI is InChI=1S/C19H11Br4N3O2/c20-13-4-2-11(7-15(13)22)25-18(27)10-1-6-17(24-9-10)19(28)26-12-3-5-14(21)16(23)8-12/h1-9H,(H,25,27)(H,26,28). The summed E-state index contributed by atoms with van der Waals surface area (Å²) in [5, 5.41) is 5.55. The average molecular weight is 633 g/mol. The maximum Gasteiger partial charge on any atom is 0.274 e. The van der Waals surface area contributed by atoms with Gasteiger partial charge in [0.05, 0.1) is 5.56 Å². The largest absolute Gasteiger partial charge is 0.322 e. The Labute approximate surface area is 194 Å². The highest BCUT2D eigenvalue weighted by molar-refractivity contribution is 9.13. The minimum absolute atomic E-state index is 0.210. The zero-order valence-electron chi connectivity index (χ0n) is 14.0. The van der Waals surface area contributed by atoms with E-state index >= 15 is 0 Å². The molecule has 2 N–H and O–H groups in total. The van der Waals surface area contributed by atoms with Gasteiger partial charge in [-0.25, -0.2) is 0 Å². The molecule has 0 saturated carbocycles. The van der Waals surface area contributed by atoms with Crippen LogP contribution in [0.2, 0.25) is 0 Å². The van der Waals surface area contributed by atoms with Crippen molar-refractivity contribution >= 4 is 86.9 Å². The minimum atomic E-state index is -0.363. The van der Waals surface area contributed by atoms with Crippen LogP contribution in [-0.4, -0.2) is 16.8 Å². The molecule has 0 spiro atoms. The van der Waals surface area contributed by atoms with Crippen LogP contribution in [0.5, 0.6) is 0 Å². The molecule has 3 rings (SSSR count). The van der Waals surface area contributed by atoms with Crippen LogP contribution >= 0.6 is 63.7 Å². The third-order valence-electron chi connectivity index (χ3n) is 3.61. The van der Waals surface area contributed by atoms with Crippen LogP contribution in [-0.2, 0) is 0 Å². The Morgan fingerprint density at radius 1 is 0.679 bits per heavy atom. The normalized spacial score (nSPS) is 10.4. The molecule has 1 heterocycles. The number of aromatic nitrogens is 1. The molecule has 2 amide bonds. The molecule has 28 heavy (non-hydrogen) atoms. The molecule has 0 aliphatic heterocycles. The van der Waals surface area contributed by atoms with Crippen molar-refractivity contribution in [2.24, 2.45) is 0 Å². The van der Waals surface area contributed by atoms with Gasteiger partial charge in [-0.1, -0.05) is 0 Å². The first-order valence-corrected chi connectivity index (χ1v) is 11.0. The monoisotopic (exact) mass is 629 g/mol. The molecule has 0 aliphatic rings. The molecular weight excluding hydrogens is 622 g/mol. The van der Waals surface area contributed by atoms with Gasteiger partial charge in [0.25, 0.3) is 11.8 Å². The molecule has 3 aromatic rings. The van der Waals surface area contributed by atoms with E-state index in [1.165, 1.54) is 12.3 Å². The molecule has 0 bridgehead atoms. The highest BCUT2D eigenvalue weighted by atomic mass is 79.9. The van der Waals surface area contributed by atoms with Gasteiger partial charge >= 0.3 is 0 Å². The fraction of sp³-hybridized carbons (Fsp3) is 0. The van der Waals surface area contributed by atoms with Crippen LogP contribution in [0, 0.1) is 0 Å². The average Bonchev–Trinajstić information content (AvgIpc) is 2.67. The van der Waals surface area contributed by atoms with Crippen molar-refractivity contribution in [1.29, 1.82) is 0 Å². The van der Waals surface area contributed by atoms with E-state index in [2.05, 4.69) is 79.3 Å². The number of rotatable bonds is 4. The summed E-state index contributed by atoms with van der Waals surface area (Å²) in [5.74, 6) is -0.677. The Morgan fingerprint density at radius 3 is 1.68 bits per heavy atom. The zero-order chi connectivity index (χ0) is 20.3. The summed E-state index contributed by atoms with van der Waals surface area (Å²) in [6.07, 6.45) is 1.37. The van der Waals surface area contributed by atoms with Gasteiger partial charge in [0.15, 0.2) is 0 Å². The topological polar surface area (TPSA) is 71.1 Å². The van der Waals surface area contributed by atoms with Crippen LogP contribution in [0.1, 0.15) is 20.8 Å². The van der Waals surface area contributed by atoms with Gasteiger partial charge in [0, 0.05) is 35.5 Å². The Balaban J connectivity index is 1.67. The molecule has 1 aromatic heterocycles. The first-order valence-electron chi connectivity index (χ1n) is 7.82. The predicted molar refractivity (Wildman–Crippen MR) is 124 cm³/mol. The molecule has 5 nitrogen and oxygen atoms in total. The number of nitrogens with one attached hydrogen (secondary N) is 2. The van der Waals surface area contributed by atoms with Crippen molar-refractivity contribution in [2.45, 2.75) is 0 Å². The van der Waals surface area contributed by atoms with E-state index in [1.54, 1.807) is 30.3 Å². The summed E-state index contributed by atoms with van der Waals surface area (Å²) in [7, 11) is 0. The summed E-state index contributed by atoms with van der Waals surface area (Å²) < 4.78 is 3.43. The van der Waals surface area contributed by atoms with E-state index in [1.807, 2.05) is 12.1 Å². The molecular formula is C19H11Br4N3O2. The summed E-state index contributed by atoms with van der Waals surface area (Å²) in [6.45, 7) is 0. The molecule has 0 fully saturated rings. The second-order valence-corrected chi connectivity index (χ2v) is 9.02. The maximum absolute atomic E-state index is 12.4. The number of halogens is 4. The van der Waals surface area contributed by atoms with Crippen molar-refractivity contribution in [3.63, 3.8) is 0 Å². The number of nitrogens with zero attached hydrogens (tertiary/aromatic N) is 1. The van der Waals surface area contributed by atoms with Crippen molar-refractivity contribution in [2.75, 3.05) is 10.6 Å². The lowest BCUT2D eigenvalue weighted by atomic mass is 10.2. The number of benzene rings is 2. The van der Waals surface area contributed by atoms with Gasteiger partial charge in [0.1, 0.15) is 5.69 Å². The van der Waals surface area contributed by atoms with Crippen molar-refractivity contribution < 1.29 is 9.59 Å². The number of amides is 2. The third kappa shape index (κ3) is 5.28. The first-order chi connectivity index (χ1) is 13.3. The fourth-order valence-corrected chi connectivity index (χ4v) is 3.46. The van der Waals surface area contributed by atoms with Crippen molar-refractivity contribution in [3.05, 3.63) is 83.9 Å². The highest BCUT2D eigenvalue weighted by Crippen LogP contribution is 2.27. The van der Waals surface area contributed by atoms with E-state index in [0.29, 0.717) is 16.9 Å². The molecule has 0 unspecified atom stereocenters. The van der Waals surface area contributed by atoms with Gasteiger partial charge in [0.2, 0.25) is 0 Å². The van der Waals surface area contributed by atoms with Crippen LogP contribution < -0.4 is 10.6 Å². The summed E-state index contributed by atoms with van der Waals surface area (Å²) in [5.41, 5.74) is 1.83. The van der Waals surface area contributed by atoms with Gasteiger partial charge in [-0.15, -0.1) is 0 Å². The van der Waals surface area contributed by atoms with Crippen LogP contribution in [0.3, 0.4) is 0 Å². The van der Waals surface area contributed by atoms with Crippen molar-refractivity contribution in [3.8, 4) is 0 Å². The van der Waals surface area contributed by atoms with E-state index in [0.717, 1.165) is 17.9 Å². The van der Waals surface area contributed by atoms with Gasteiger partial charge in [-0.05, 0) is 112 Å². The number of hydrogen-bond donors (Lipinski definition) is 2. The molecule has 0 aliphatic carbocycles. The predicted octanol–water partition coefficient (Wildman–Crippen LogP) is 6.64. The number of carbonyl (C=O) groups is 2. The zero-order valence-corrected chi connectivity index (χ0v) is 20.3. The highest BCUT2D eigenvalue weighted by Gasteiger charge is 2.12. The lowest BCUT2D eigenvalue weighted by Gasteiger charge is -2.08. The Hall–Kier alpha value is -1.55. The summed E-state index contributed by atoms with van der Waals surface area (Å²) >= 11 is 13.5. The lowest BCUT2D eigenvalue weighted by Crippen LogP contribution is -2.16. The summed E-state index contributed by atoms with van der Waals surface area (Å²) in [6, 6.07) is 13.8. The Kier molecular flexibility index (Phi) is 7.03. The van der Waals surface area contributed by atoms with Gasteiger partial charge < -0.3 is 10.6 Å². The van der Waals surface area contributed by atoms with E-state index in [-0.39, 0.29) is 17.5 Å². The minimum Gasteiger partial charge on any atom is -0.322 e. The lowest BCUT2D eigenvalue weighted by molar-refractivity contribution is 0.101. The maximum atomic E-state index is 12.4. The van der Waals surface area contributed by atoms with E-state index < -0.39 is 0 Å². The second kappa shape index (κ2) is 9.30. The molecule has 0 radical (unpaired) electrons. The SMILES string of the molecule is O=C(Nc1ccc(Br)c(Br)c1)c1ccc(C(=O)Nc2ccc(Br)c(Br)c2)nc1. The molecule has 0 atom stereocenters. The molecule has 2 aromatic carbocycles. The number of anilines is 2. The van der Waals surface area contributed by atoms with Gasteiger partial charge in [-0.2, -0.15) is 0 Å².